The van der Waals surface area contributed by atoms with Gasteiger partial charge in [-0.15, -0.1) is 0 Å². The minimum Gasteiger partial charge on any atom is -0.454 e. The highest BCUT2D eigenvalue weighted by molar-refractivity contribution is 6.04. The maximum absolute atomic E-state index is 12.6. The molecule has 2 aromatic rings. The zero-order chi connectivity index (χ0) is 20.3. The minimum absolute atomic E-state index is 0.0790. The fraction of sp³-hybridized carbons (Fsp3) is 0.190. The number of anilines is 2. The molecule has 0 amide bonds. The molecule has 0 aliphatic carbocycles. The van der Waals surface area contributed by atoms with Crippen molar-refractivity contribution in [3.8, 4) is 6.07 Å². The second-order valence-electron chi connectivity index (χ2n) is 6.27. The molecule has 142 valence electrons. The van der Waals surface area contributed by atoms with Crippen molar-refractivity contribution in [2.75, 3.05) is 30.5 Å². The summed E-state index contributed by atoms with van der Waals surface area (Å²) in [5.41, 5.74) is 2.60. The van der Waals surface area contributed by atoms with Crippen LogP contribution in [0, 0.1) is 11.3 Å². The summed E-state index contributed by atoms with van der Waals surface area (Å²) < 4.78 is 5.08. The zero-order valence-electron chi connectivity index (χ0n) is 15.5. The lowest BCUT2D eigenvalue weighted by molar-refractivity contribution is -0.118. The average molecular weight is 377 g/mol. The van der Waals surface area contributed by atoms with Crippen LogP contribution in [0.25, 0.3) is 0 Å². The summed E-state index contributed by atoms with van der Waals surface area (Å²) in [4.78, 5) is 28.3. The van der Waals surface area contributed by atoms with E-state index >= 15 is 0 Å². The Morgan fingerprint density at radius 2 is 1.61 bits per heavy atom. The molecule has 1 aliphatic heterocycles. The van der Waals surface area contributed by atoms with E-state index < -0.39 is 18.4 Å². The molecular weight excluding hydrogens is 358 g/mol. The molecule has 1 N–H and O–H groups in total. The highest BCUT2D eigenvalue weighted by atomic mass is 16.5. The maximum Gasteiger partial charge on any atom is 0.338 e. The SMILES string of the molecule is CN1C(=C(C#N)C(=O)COC(=O)c2ccc(CO)cc2)N(C)c2ccccc21. The Balaban J connectivity index is 1.76. The van der Waals surface area contributed by atoms with Gasteiger partial charge < -0.3 is 19.6 Å². The van der Waals surface area contributed by atoms with Crippen molar-refractivity contribution in [3.05, 3.63) is 71.1 Å². The van der Waals surface area contributed by atoms with Gasteiger partial charge in [-0.2, -0.15) is 5.26 Å². The molecular formula is C21H19N3O4. The van der Waals surface area contributed by atoms with Crippen molar-refractivity contribution >= 4 is 23.1 Å². The molecule has 0 spiro atoms. The van der Waals surface area contributed by atoms with Gasteiger partial charge in [-0.1, -0.05) is 24.3 Å². The summed E-state index contributed by atoms with van der Waals surface area (Å²) in [6, 6.07) is 15.7. The predicted octanol–water partition coefficient (Wildman–Crippen LogP) is 2.23. The molecule has 0 saturated carbocycles. The number of benzene rings is 2. The van der Waals surface area contributed by atoms with Crippen LogP contribution in [-0.2, 0) is 16.1 Å². The number of ketones is 1. The topological polar surface area (TPSA) is 93.9 Å². The number of aliphatic hydroxyl groups is 1. The highest BCUT2D eigenvalue weighted by Crippen LogP contribution is 2.40. The van der Waals surface area contributed by atoms with E-state index in [4.69, 9.17) is 9.84 Å². The normalized spacial score (nSPS) is 12.4. The van der Waals surface area contributed by atoms with Gasteiger partial charge in [0.05, 0.1) is 23.5 Å². The minimum atomic E-state index is -0.670. The number of carbonyl (C=O) groups is 2. The maximum atomic E-state index is 12.6. The van der Waals surface area contributed by atoms with E-state index in [9.17, 15) is 14.9 Å². The van der Waals surface area contributed by atoms with Crippen molar-refractivity contribution in [1.82, 2.24) is 0 Å². The number of esters is 1. The van der Waals surface area contributed by atoms with Crippen LogP contribution in [0.1, 0.15) is 15.9 Å². The number of hydrogen-bond acceptors (Lipinski definition) is 7. The first-order chi connectivity index (χ1) is 13.5. The summed E-state index contributed by atoms with van der Waals surface area (Å²) in [6.45, 7) is -0.665. The van der Waals surface area contributed by atoms with Gasteiger partial charge >= 0.3 is 5.97 Å². The molecule has 3 rings (SSSR count). The number of Topliss-reactive ketones (excluding diaryl/α,β-unsaturated/α-hetero) is 1. The van der Waals surface area contributed by atoms with E-state index in [1.54, 1.807) is 36.0 Å². The van der Waals surface area contributed by atoms with Crippen molar-refractivity contribution in [3.63, 3.8) is 0 Å². The first-order valence-corrected chi connectivity index (χ1v) is 8.59. The van der Waals surface area contributed by atoms with Crippen LogP contribution >= 0.6 is 0 Å². The second-order valence-corrected chi connectivity index (χ2v) is 6.27. The van der Waals surface area contributed by atoms with Crippen LogP contribution in [0.4, 0.5) is 11.4 Å². The van der Waals surface area contributed by atoms with Gasteiger partial charge in [-0.05, 0) is 29.8 Å². The Hall–Kier alpha value is -3.63. The van der Waals surface area contributed by atoms with Crippen LogP contribution < -0.4 is 9.80 Å². The monoisotopic (exact) mass is 377 g/mol. The van der Waals surface area contributed by atoms with Gasteiger partial charge in [-0.3, -0.25) is 4.79 Å². The fourth-order valence-corrected chi connectivity index (χ4v) is 3.09. The summed E-state index contributed by atoms with van der Waals surface area (Å²) in [6.07, 6.45) is 0. The van der Waals surface area contributed by atoms with Crippen LogP contribution in [0.15, 0.2) is 59.9 Å². The number of nitriles is 1. The Bertz CT molecular complexity index is 958. The quantitative estimate of drug-likeness (QED) is 0.485. The van der Waals surface area contributed by atoms with Gasteiger partial charge in [0.15, 0.2) is 6.61 Å². The lowest BCUT2D eigenvalue weighted by atomic mass is 10.1. The Kier molecular flexibility index (Phi) is 5.43. The number of aliphatic hydroxyl groups excluding tert-OH is 1. The molecule has 0 radical (unpaired) electrons. The van der Waals surface area contributed by atoms with E-state index in [0.29, 0.717) is 11.4 Å². The van der Waals surface area contributed by atoms with Crippen molar-refractivity contribution in [2.45, 2.75) is 6.61 Å². The first kappa shape index (κ1) is 19.1. The molecule has 0 unspecified atom stereocenters. The number of nitrogens with zero attached hydrogens (tertiary/aromatic N) is 3. The summed E-state index contributed by atoms with van der Waals surface area (Å²) in [5, 5.41) is 18.6. The number of carbonyl (C=O) groups excluding carboxylic acids is 2. The number of para-hydroxylation sites is 2. The third-order valence-corrected chi connectivity index (χ3v) is 4.56. The van der Waals surface area contributed by atoms with E-state index in [1.165, 1.54) is 12.1 Å². The molecule has 2 aromatic carbocycles. The van der Waals surface area contributed by atoms with Gasteiger partial charge in [0.2, 0.25) is 5.78 Å². The molecule has 7 nitrogen and oxygen atoms in total. The van der Waals surface area contributed by atoms with Gasteiger partial charge in [-0.25, -0.2) is 4.79 Å². The number of rotatable bonds is 5. The molecule has 0 atom stereocenters. The van der Waals surface area contributed by atoms with Crippen molar-refractivity contribution in [1.29, 1.82) is 5.26 Å². The van der Waals surface area contributed by atoms with Crippen LogP contribution in [0.5, 0.6) is 0 Å². The van der Waals surface area contributed by atoms with E-state index in [2.05, 4.69) is 0 Å². The van der Waals surface area contributed by atoms with Gasteiger partial charge in [0.1, 0.15) is 17.5 Å². The number of hydrogen-bond donors (Lipinski definition) is 1. The molecule has 7 heteroatoms. The molecule has 0 saturated heterocycles. The van der Waals surface area contributed by atoms with Crippen LogP contribution in [-0.4, -0.2) is 37.6 Å². The average Bonchev–Trinajstić information content (AvgIpc) is 2.98. The number of ether oxygens (including phenoxy) is 1. The Morgan fingerprint density at radius 3 is 2.11 bits per heavy atom. The lowest BCUT2D eigenvalue weighted by Crippen LogP contribution is -2.27. The predicted molar refractivity (Wildman–Crippen MR) is 104 cm³/mol. The third-order valence-electron chi connectivity index (χ3n) is 4.56. The van der Waals surface area contributed by atoms with E-state index in [-0.39, 0.29) is 17.7 Å². The second kappa shape index (κ2) is 7.94. The molecule has 1 heterocycles. The Morgan fingerprint density at radius 1 is 1.04 bits per heavy atom. The van der Waals surface area contributed by atoms with Crippen molar-refractivity contribution < 1.29 is 19.4 Å². The molecule has 0 aromatic heterocycles. The van der Waals surface area contributed by atoms with Gasteiger partial charge in [0, 0.05) is 14.1 Å². The highest BCUT2D eigenvalue weighted by Gasteiger charge is 2.31. The summed E-state index contributed by atoms with van der Waals surface area (Å²) in [5.74, 6) is -0.807. The number of fused-ring (bicyclic) bond motifs is 1. The molecule has 0 fully saturated rings. The zero-order valence-corrected chi connectivity index (χ0v) is 15.5. The van der Waals surface area contributed by atoms with E-state index in [1.807, 2.05) is 30.3 Å². The lowest BCUT2D eigenvalue weighted by Gasteiger charge is -2.19. The van der Waals surface area contributed by atoms with Gasteiger partial charge in [0.25, 0.3) is 0 Å². The third kappa shape index (κ3) is 3.46. The molecule has 0 bridgehead atoms. The van der Waals surface area contributed by atoms with Crippen LogP contribution in [0.2, 0.25) is 0 Å². The smallest absolute Gasteiger partial charge is 0.338 e. The standard InChI is InChI=1S/C21H19N3O4/c1-23-17-5-3-4-6-18(17)24(2)20(23)16(11-22)19(26)13-28-21(27)15-9-7-14(12-25)8-10-15/h3-10,25H,12-13H2,1-2H3. The molecule has 1 aliphatic rings. The largest absolute Gasteiger partial charge is 0.454 e. The van der Waals surface area contributed by atoms with Crippen molar-refractivity contribution in [2.24, 2.45) is 0 Å². The first-order valence-electron chi connectivity index (χ1n) is 8.59. The van der Waals surface area contributed by atoms with E-state index in [0.717, 1.165) is 11.4 Å². The fourth-order valence-electron chi connectivity index (χ4n) is 3.09. The van der Waals surface area contributed by atoms with Crippen LogP contribution in [0.3, 0.4) is 0 Å². The summed E-state index contributed by atoms with van der Waals surface area (Å²) >= 11 is 0. The molecule has 28 heavy (non-hydrogen) atoms. The Labute approximate surface area is 162 Å². The summed E-state index contributed by atoms with van der Waals surface area (Å²) in [7, 11) is 3.55.